The molecule has 1 unspecified atom stereocenters. The van der Waals surface area contributed by atoms with Crippen LogP contribution >= 0.6 is 0 Å². The molecule has 1 aliphatic carbocycles. The molecule has 2 rings (SSSR count). The number of rotatable bonds is 6. The zero-order valence-electron chi connectivity index (χ0n) is 10.7. The fourth-order valence-corrected chi connectivity index (χ4v) is 1.92. The van der Waals surface area contributed by atoms with Gasteiger partial charge >= 0.3 is 5.97 Å². The van der Waals surface area contributed by atoms with Crippen LogP contribution < -0.4 is 9.47 Å². The molecule has 98 valence electrons. The standard InChI is InChI=1S/C14H18O4/c1-16-11-4-3-5-12(8-11)18-9-13(10-6-7-10)14(15)17-2/h3-5,8,10,13H,6-7,9H2,1-2H3. The van der Waals surface area contributed by atoms with E-state index in [-0.39, 0.29) is 11.9 Å². The highest BCUT2D eigenvalue weighted by Gasteiger charge is 2.37. The molecule has 0 radical (unpaired) electrons. The zero-order valence-corrected chi connectivity index (χ0v) is 10.7. The molecule has 1 aromatic carbocycles. The Labute approximate surface area is 107 Å². The third kappa shape index (κ3) is 3.15. The first-order chi connectivity index (χ1) is 8.74. The molecule has 0 spiro atoms. The smallest absolute Gasteiger partial charge is 0.312 e. The molecule has 1 saturated carbocycles. The van der Waals surface area contributed by atoms with E-state index in [1.807, 2.05) is 18.2 Å². The summed E-state index contributed by atoms with van der Waals surface area (Å²) in [6.45, 7) is 0.366. The average molecular weight is 250 g/mol. The molecule has 4 heteroatoms. The van der Waals surface area contributed by atoms with Crippen molar-refractivity contribution in [3.05, 3.63) is 24.3 Å². The maximum Gasteiger partial charge on any atom is 0.312 e. The van der Waals surface area contributed by atoms with E-state index in [9.17, 15) is 4.79 Å². The summed E-state index contributed by atoms with van der Waals surface area (Å²) >= 11 is 0. The summed E-state index contributed by atoms with van der Waals surface area (Å²) in [6.07, 6.45) is 2.17. The van der Waals surface area contributed by atoms with Crippen LogP contribution in [0.25, 0.3) is 0 Å². The fraction of sp³-hybridized carbons (Fsp3) is 0.500. The molecule has 0 aromatic heterocycles. The summed E-state index contributed by atoms with van der Waals surface area (Å²) in [4.78, 5) is 11.6. The van der Waals surface area contributed by atoms with Crippen LogP contribution in [0.3, 0.4) is 0 Å². The van der Waals surface area contributed by atoms with Gasteiger partial charge in [-0.25, -0.2) is 0 Å². The van der Waals surface area contributed by atoms with Crippen molar-refractivity contribution in [1.29, 1.82) is 0 Å². The van der Waals surface area contributed by atoms with Gasteiger partial charge in [0.15, 0.2) is 0 Å². The average Bonchev–Trinajstić information content (AvgIpc) is 3.23. The van der Waals surface area contributed by atoms with E-state index < -0.39 is 0 Å². The quantitative estimate of drug-likeness (QED) is 0.726. The van der Waals surface area contributed by atoms with Crippen LogP contribution in [0.4, 0.5) is 0 Å². The van der Waals surface area contributed by atoms with Crippen molar-refractivity contribution in [2.75, 3.05) is 20.8 Å². The van der Waals surface area contributed by atoms with Gasteiger partial charge in [0.2, 0.25) is 0 Å². The minimum Gasteiger partial charge on any atom is -0.497 e. The number of carbonyl (C=O) groups excluding carboxylic acids is 1. The highest BCUT2D eigenvalue weighted by Crippen LogP contribution is 2.37. The number of esters is 1. The maximum atomic E-state index is 11.6. The molecule has 0 saturated heterocycles. The summed E-state index contributed by atoms with van der Waals surface area (Å²) in [6, 6.07) is 7.37. The summed E-state index contributed by atoms with van der Waals surface area (Å²) in [7, 11) is 3.03. The number of methoxy groups -OCH3 is 2. The summed E-state index contributed by atoms with van der Waals surface area (Å²) in [5, 5.41) is 0. The SMILES string of the molecule is COC(=O)C(COc1cccc(OC)c1)C1CC1. The van der Waals surface area contributed by atoms with Crippen molar-refractivity contribution in [1.82, 2.24) is 0 Å². The van der Waals surface area contributed by atoms with Crippen molar-refractivity contribution in [3.63, 3.8) is 0 Å². The Morgan fingerprint density at radius 1 is 1.33 bits per heavy atom. The third-order valence-corrected chi connectivity index (χ3v) is 3.17. The highest BCUT2D eigenvalue weighted by molar-refractivity contribution is 5.73. The minimum absolute atomic E-state index is 0.152. The van der Waals surface area contributed by atoms with E-state index >= 15 is 0 Å². The van der Waals surface area contributed by atoms with Gasteiger partial charge in [0.25, 0.3) is 0 Å². The highest BCUT2D eigenvalue weighted by atomic mass is 16.5. The largest absolute Gasteiger partial charge is 0.497 e. The van der Waals surface area contributed by atoms with Gasteiger partial charge in [0.1, 0.15) is 18.1 Å². The van der Waals surface area contributed by atoms with E-state index in [0.717, 1.165) is 18.6 Å². The van der Waals surface area contributed by atoms with Crippen molar-refractivity contribution >= 4 is 5.97 Å². The molecule has 1 aliphatic rings. The Morgan fingerprint density at radius 3 is 2.67 bits per heavy atom. The van der Waals surface area contributed by atoms with Gasteiger partial charge in [-0.15, -0.1) is 0 Å². The molecule has 0 heterocycles. The van der Waals surface area contributed by atoms with E-state index in [0.29, 0.717) is 18.3 Å². The Kier molecular flexibility index (Phi) is 4.07. The van der Waals surface area contributed by atoms with Gasteiger partial charge in [-0.2, -0.15) is 0 Å². The Balaban J connectivity index is 1.94. The maximum absolute atomic E-state index is 11.6. The van der Waals surface area contributed by atoms with Crippen LogP contribution in [0.5, 0.6) is 11.5 Å². The monoisotopic (exact) mass is 250 g/mol. The number of benzene rings is 1. The molecule has 1 fully saturated rings. The zero-order chi connectivity index (χ0) is 13.0. The lowest BCUT2D eigenvalue weighted by atomic mass is 10.1. The summed E-state index contributed by atoms with van der Waals surface area (Å²) in [5.74, 6) is 1.54. The molecule has 1 aromatic rings. The first-order valence-corrected chi connectivity index (χ1v) is 6.09. The van der Waals surface area contributed by atoms with Gasteiger partial charge in [0.05, 0.1) is 20.1 Å². The van der Waals surface area contributed by atoms with Gasteiger partial charge in [0, 0.05) is 6.07 Å². The molecule has 4 nitrogen and oxygen atoms in total. The fourth-order valence-electron chi connectivity index (χ4n) is 1.92. The number of carbonyl (C=O) groups is 1. The summed E-state index contributed by atoms with van der Waals surface area (Å²) < 4.78 is 15.6. The van der Waals surface area contributed by atoms with Gasteiger partial charge in [-0.3, -0.25) is 4.79 Å². The second-order valence-corrected chi connectivity index (χ2v) is 4.46. The normalized spacial score (nSPS) is 15.9. The number of hydrogen-bond donors (Lipinski definition) is 0. The van der Waals surface area contributed by atoms with Crippen molar-refractivity contribution in [2.45, 2.75) is 12.8 Å². The molecular weight excluding hydrogens is 232 g/mol. The lowest BCUT2D eigenvalue weighted by Crippen LogP contribution is -2.25. The minimum atomic E-state index is -0.180. The van der Waals surface area contributed by atoms with Gasteiger partial charge < -0.3 is 14.2 Å². The molecule has 18 heavy (non-hydrogen) atoms. The van der Waals surface area contributed by atoms with E-state index in [1.54, 1.807) is 13.2 Å². The second kappa shape index (κ2) is 5.76. The number of ether oxygens (including phenoxy) is 3. The molecular formula is C14H18O4. The lowest BCUT2D eigenvalue weighted by molar-refractivity contribution is -0.147. The van der Waals surface area contributed by atoms with E-state index in [1.165, 1.54) is 7.11 Å². The van der Waals surface area contributed by atoms with Gasteiger partial charge in [-0.05, 0) is 30.9 Å². The van der Waals surface area contributed by atoms with Crippen LogP contribution in [0.2, 0.25) is 0 Å². The van der Waals surface area contributed by atoms with Crippen LogP contribution in [-0.2, 0) is 9.53 Å². The number of hydrogen-bond acceptors (Lipinski definition) is 4. The van der Waals surface area contributed by atoms with Gasteiger partial charge in [-0.1, -0.05) is 6.07 Å². The Hall–Kier alpha value is -1.71. The van der Waals surface area contributed by atoms with Crippen molar-refractivity contribution in [2.24, 2.45) is 11.8 Å². The van der Waals surface area contributed by atoms with E-state index in [4.69, 9.17) is 14.2 Å². The molecule has 0 bridgehead atoms. The topological polar surface area (TPSA) is 44.8 Å². The summed E-state index contributed by atoms with van der Waals surface area (Å²) in [5.41, 5.74) is 0. The van der Waals surface area contributed by atoms with Crippen molar-refractivity contribution in [3.8, 4) is 11.5 Å². The Bertz CT molecular complexity index is 412. The van der Waals surface area contributed by atoms with Crippen LogP contribution in [0.1, 0.15) is 12.8 Å². The second-order valence-electron chi connectivity index (χ2n) is 4.46. The predicted molar refractivity (Wildman–Crippen MR) is 66.7 cm³/mol. The predicted octanol–water partition coefficient (Wildman–Crippen LogP) is 2.27. The molecule has 0 amide bonds. The Morgan fingerprint density at radius 2 is 2.06 bits per heavy atom. The van der Waals surface area contributed by atoms with Crippen molar-refractivity contribution < 1.29 is 19.0 Å². The lowest BCUT2D eigenvalue weighted by Gasteiger charge is -2.15. The van der Waals surface area contributed by atoms with Crippen LogP contribution in [0, 0.1) is 11.8 Å². The van der Waals surface area contributed by atoms with Crippen LogP contribution in [-0.4, -0.2) is 26.8 Å². The third-order valence-electron chi connectivity index (χ3n) is 3.17. The van der Waals surface area contributed by atoms with Crippen LogP contribution in [0.15, 0.2) is 24.3 Å². The molecule has 0 N–H and O–H groups in total. The molecule has 1 atom stereocenters. The first-order valence-electron chi connectivity index (χ1n) is 6.09. The van der Waals surface area contributed by atoms with E-state index in [2.05, 4.69) is 0 Å². The molecule has 0 aliphatic heterocycles. The first kappa shape index (κ1) is 12.7.